The summed E-state index contributed by atoms with van der Waals surface area (Å²) in [5.41, 5.74) is 1.21. The lowest BCUT2D eigenvalue weighted by Gasteiger charge is -2.33. The average molecular weight is 459 g/mol. The fourth-order valence-electron chi connectivity index (χ4n) is 3.67. The normalized spacial score (nSPS) is 15.3. The van der Waals surface area contributed by atoms with Crippen LogP contribution in [0.3, 0.4) is 0 Å². The fraction of sp³-hybridized carbons (Fsp3) is 0.391. The van der Waals surface area contributed by atoms with Crippen LogP contribution in [0.4, 0.5) is 5.69 Å². The average Bonchev–Trinajstić information content (AvgIpc) is 2.81. The lowest BCUT2D eigenvalue weighted by atomic mass is 10.2. The number of hydrogen-bond donors (Lipinski definition) is 1. The molecule has 1 N–H and O–H groups in total. The van der Waals surface area contributed by atoms with Crippen LogP contribution in [-0.4, -0.2) is 80.2 Å². The Hall–Kier alpha value is -2.75. The lowest BCUT2D eigenvalue weighted by Crippen LogP contribution is -2.50. The Morgan fingerprint density at radius 3 is 2.06 bits per heavy atom. The van der Waals surface area contributed by atoms with E-state index in [0.29, 0.717) is 44.8 Å². The zero-order valence-electron chi connectivity index (χ0n) is 18.5. The summed E-state index contributed by atoms with van der Waals surface area (Å²) >= 11 is 0. The highest BCUT2D eigenvalue weighted by molar-refractivity contribution is 7.89. The number of sulfonamides is 1. The first kappa shape index (κ1) is 23.9. The fourth-order valence-corrected chi connectivity index (χ4v) is 5.09. The van der Waals surface area contributed by atoms with E-state index in [2.05, 4.69) is 5.32 Å². The number of nitrogens with zero attached hydrogens (tertiary/aromatic N) is 3. The summed E-state index contributed by atoms with van der Waals surface area (Å²) in [4.78, 5) is 28.5. The smallest absolute Gasteiger partial charge is 0.253 e. The molecule has 1 aliphatic heterocycles. The molecule has 1 fully saturated rings. The molecule has 2 amide bonds. The van der Waals surface area contributed by atoms with Crippen molar-refractivity contribution in [2.45, 2.75) is 18.7 Å². The van der Waals surface area contributed by atoms with Crippen LogP contribution in [0.15, 0.2) is 59.5 Å². The van der Waals surface area contributed by atoms with Gasteiger partial charge in [0.15, 0.2) is 0 Å². The molecule has 0 saturated carbocycles. The molecule has 0 atom stereocenters. The van der Waals surface area contributed by atoms with Gasteiger partial charge in [-0.3, -0.25) is 14.5 Å². The molecule has 0 aromatic heterocycles. The van der Waals surface area contributed by atoms with E-state index in [0.717, 1.165) is 5.69 Å². The van der Waals surface area contributed by atoms with E-state index >= 15 is 0 Å². The van der Waals surface area contributed by atoms with Crippen LogP contribution in [-0.2, 0) is 14.8 Å². The van der Waals surface area contributed by atoms with Gasteiger partial charge in [0, 0.05) is 50.5 Å². The van der Waals surface area contributed by atoms with E-state index in [4.69, 9.17) is 0 Å². The number of piperazine rings is 1. The number of nitrogens with one attached hydrogen (secondary N) is 1. The van der Waals surface area contributed by atoms with Gasteiger partial charge in [-0.1, -0.05) is 18.2 Å². The van der Waals surface area contributed by atoms with Crippen molar-refractivity contribution in [3.63, 3.8) is 0 Å². The van der Waals surface area contributed by atoms with Crippen molar-refractivity contribution >= 4 is 27.5 Å². The first-order chi connectivity index (χ1) is 15.3. The van der Waals surface area contributed by atoms with Crippen LogP contribution in [0.1, 0.15) is 24.2 Å². The van der Waals surface area contributed by atoms with Crippen LogP contribution in [0, 0.1) is 0 Å². The van der Waals surface area contributed by atoms with Gasteiger partial charge in [-0.05, 0) is 50.2 Å². The molecule has 2 aromatic carbocycles. The van der Waals surface area contributed by atoms with Crippen molar-refractivity contribution < 1.29 is 18.0 Å². The second-order valence-corrected chi connectivity index (χ2v) is 9.53. The minimum Gasteiger partial charge on any atom is -0.339 e. The number of hydrogen-bond acceptors (Lipinski definition) is 5. The maximum Gasteiger partial charge on any atom is 0.253 e. The van der Waals surface area contributed by atoms with Crippen molar-refractivity contribution in [3.8, 4) is 0 Å². The number of carbonyl (C=O) groups excluding carboxylic acids is 2. The van der Waals surface area contributed by atoms with E-state index in [1.54, 1.807) is 17.0 Å². The largest absolute Gasteiger partial charge is 0.339 e. The third kappa shape index (κ3) is 5.73. The molecule has 0 spiro atoms. The molecular weight excluding hydrogens is 428 g/mol. The summed E-state index contributed by atoms with van der Waals surface area (Å²) in [6.07, 6.45) is 0. The molecule has 0 unspecified atom stereocenters. The van der Waals surface area contributed by atoms with Gasteiger partial charge in [0.2, 0.25) is 15.9 Å². The maximum absolute atomic E-state index is 13.0. The van der Waals surface area contributed by atoms with Crippen molar-refractivity contribution in [2.75, 3.05) is 51.1 Å². The highest BCUT2D eigenvalue weighted by Gasteiger charge is 2.29. The highest BCUT2D eigenvalue weighted by Crippen LogP contribution is 2.19. The van der Waals surface area contributed by atoms with Gasteiger partial charge in [0.25, 0.3) is 5.91 Å². The molecule has 3 rings (SSSR count). The number of rotatable bonds is 8. The Labute approximate surface area is 189 Å². The monoisotopic (exact) mass is 458 g/mol. The van der Waals surface area contributed by atoms with E-state index in [-0.39, 0.29) is 23.3 Å². The van der Waals surface area contributed by atoms with Gasteiger partial charge in [-0.15, -0.1) is 0 Å². The molecule has 1 heterocycles. The number of anilines is 1. The molecule has 1 aliphatic rings. The quantitative estimate of drug-likeness (QED) is 0.654. The first-order valence-corrected chi connectivity index (χ1v) is 12.3. The zero-order chi connectivity index (χ0) is 23.1. The summed E-state index contributed by atoms with van der Waals surface area (Å²) in [7, 11) is -3.66. The minimum absolute atomic E-state index is 0.110. The molecule has 1 saturated heterocycles. The molecule has 2 aromatic rings. The minimum atomic E-state index is -3.66. The van der Waals surface area contributed by atoms with Gasteiger partial charge in [0.05, 0.1) is 11.4 Å². The van der Waals surface area contributed by atoms with Crippen LogP contribution in [0.25, 0.3) is 0 Å². The van der Waals surface area contributed by atoms with Crippen molar-refractivity contribution in [1.82, 2.24) is 14.1 Å². The van der Waals surface area contributed by atoms with E-state index in [1.807, 2.05) is 49.1 Å². The SMILES string of the molecule is CCN(CC)C(=O)c1ccc(S(=O)(=O)N2CCN(CC(=O)Nc3ccccc3)CC2)cc1. The van der Waals surface area contributed by atoms with Gasteiger partial charge in [-0.2, -0.15) is 4.31 Å². The number of amides is 2. The molecule has 9 heteroatoms. The summed E-state index contributed by atoms with van der Waals surface area (Å²) in [5.74, 6) is -0.234. The molecule has 0 aliphatic carbocycles. The molecule has 0 bridgehead atoms. The van der Waals surface area contributed by atoms with Crippen LogP contribution < -0.4 is 5.32 Å². The van der Waals surface area contributed by atoms with Crippen molar-refractivity contribution in [1.29, 1.82) is 0 Å². The standard InChI is InChI=1S/C23H30N4O4S/c1-3-26(4-2)23(29)19-10-12-21(13-11-19)32(30,31)27-16-14-25(15-17-27)18-22(28)24-20-8-6-5-7-9-20/h5-13H,3-4,14-18H2,1-2H3,(H,24,28). The summed E-state index contributed by atoms with van der Waals surface area (Å²) < 4.78 is 27.5. The Morgan fingerprint density at radius 1 is 0.906 bits per heavy atom. The summed E-state index contributed by atoms with van der Waals surface area (Å²) in [6, 6.07) is 15.3. The van der Waals surface area contributed by atoms with Gasteiger partial charge in [-0.25, -0.2) is 8.42 Å². The maximum atomic E-state index is 13.0. The highest BCUT2D eigenvalue weighted by atomic mass is 32.2. The third-order valence-corrected chi connectivity index (χ3v) is 7.46. The van der Waals surface area contributed by atoms with Crippen molar-refractivity contribution in [2.24, 2.45) is 0 Å². The second kappa shape index (κ2) is 10.7. The molecule has 0 radical (unpaired) electrons. The second-order valence-electron chi connectivity index (χ2n) is 7.60. The number of benzene rings is 2. The lowest BCUT2D eigenvalue weighted by molar-refractivity contribution is -0.117. The number of carbonyl (C=O) groups is 2. The summed E-state index contributed by atoms with van der Waals surface area (Å²) in [6.45, 7) is 6.79. The third-order valence-electron chi connectivity index (χ3n) is 5.55. The molecule has 8 nitrogen and oxygen atoms in total. The van der Waals surface area contributed by atoms with E-state index < -0.39 is 10.0 Å². The van der Waals surface area contributed by atoms with Gasteiger partial charge < -0.3 is 10.2 Å². The Morgan fingerprint density at radius 2 is 1.50 bits per heavy atom. The number of para-hydroxylation sites is 1. The Kier molecular flexibility index (Phi) is 8.00. The van der Waals surface area contributed by atoms with Crippen molar-refractivity contribution in [3.05, 3.63) is 60.2 Å². The Balaban J connectivity index is 1.56. The predicted molar refractivity (Wildman–Crippen MR) is 124 cm³/mol. The van der Waals surface area contributed by atoms with Gasteiger partial charge in [0.1, 0.15) is 0 Å². The van der Waals surface area contributed by atoms with Gasteiger partial charge >= 0.3 is 0 Å². The van der Waals surface area contributed by atoms with E-state index in [1.165, 1.54) is 16.4 Å². The Bertz CT molecular complexity index is 1010. The molecule has 172 valence electrons. The summed E-state index contributed by atoms with van der Waals surface area (Å²) in [5, 5.41) is 2.84. The van der Waals surface area contributed by atoms with E-state index in [9.17, 15) is 18.0 Å². The molecular formula is C23H30N4O4S. The molecule has 32 heavy (non-hydrogen) atoms. The van der Waals surface area contributed by atoms with Crippen LogP contribution in [0.2, 0.25) is 0 Å². The van der Waals surface area contributed by atoms with Crippen LogP contribution in [0.5, 0.6) is 0 Å². The predicted octanol–water partition coefficient (Wildman–Crippen LogP) is 2.11. The van der Waals surface area contributed by atoms with Crippen LogP contribution >= 0.6 is 0 Å². The first-order valence-electron chi connectivity index (χ1n) is 10.8. The topological polar surface area (TPSA) is 90.0 Å². The zero-order valence-corrected chi connectivity index (χ0v) is 19.3.